The van der Waals surface area contributed by atoms with Gasteiger partial charge in [-0.3, -0.25) is 9.48 Å². The van der Waals surface area contributed by atoms with Crippen LogP contribution in [0.4, 0.5) is 14.5 Å². The SMILES string of the molecule is CCO.COCn1cc(-c2nc(C(=O)Nc3cn(C4CCCCC4)nc3-c3nc(F)ccc3F)cs2)cn1.NCC=O.OSc1ccccc1. The number of carbonyl (C=O) groups excluding carboxylic acids is 2. The topological polar surface area (TPSA) is 183 Å². The Morgan fingerprint density at radius 3 is 2.44 bits per heavy atom. The normalized spacial score (nSPS) is 12.4. The number of ether oxygens (including phenoxy) is 1. The second kappa shape index (κ2) is 21.6. The fraction of sp³-hybridized carbons (Fsp3) is 0.333. The number of hydrogen-bond acceptors (Lipinski definition) is 12. The first-order valence-corrected chi connectivity index (χ1v) is 17.2. The Kier molecular flexibility index (Phi) is 17.3. The number of aldehydes is 1. The van der Waals surface area contributed by atoms with E-state index in [2.05, 4.69) is 31.2 Å². The Balaban J connectivity index is 0.000000377. The number of nitrogens with zero attached hydrogens (tertiary/aromatic N) is 6. The molecule has 1 saturated carbocycles. The molecule has 1 amide bonds. The zero-order chi connectivity index (χ0) is 36.3. The fourth-order valence-electron chi connectivity index (χ4n) is 4.63. The summed E-state index contributed by atoms with van der Waals surface area (Å²) in [6.45, 7) is 2.37. The number of nitrogens with one attached hydrogen (secondary N) is 1. The number of hydrogen-bond donors (Lipinski definition) is 4. The van der Waals surface area contributed by atoms with E-state index >= 15 is 0 Å². The maximum atomic E-state index is 14.6. The van der Waals surface area contributed by atoms with E-state index in [9.17, 15) is 13.6 Å². The lowest BCUT2D eigenvalue weighted by molar-refractivity contribution is -0.106. The van der Waals surface area contributed by atoms with E-state index in [0.29, 0.717) is 18.0 Å². The maximum Gasteiger partial charge on any atom is 0.275 e. The third kappa shape index (κ3) is 12.2. The van der Waals surface area contributed by atoms with Crippen molar-refractivity contribution in [1.82, 2.24) is 29.5 Å². The number of benzene rings is 1. The highest BCUT2D eigenvalue weighted by molar-refractivity contribution is 7.93. The molecule has 13 nitrogen and oxygen atoms in total. The van der Waals surface area contributed by atoms with Crippen LogP contribution in [0.5, 0.6) is 0 Å². The third-order valence-corrected chi connectivity index (χ3v) is 8.16. The van der Waals surface area contributed by atoms with Crippen LogP contribution in [0.2, 0.25) is 0 Å². The fourth-order valence-corrected chi connectivity index (χ4v) is 5.68. The molecule has 0 spiro atoms. The van der Waals surface area contributed by atoms with Crippen LogP contribution in [-0.2, 0) is 16.3 Å². The van der Waals surface area contributed by atoms with Crippen LogP contribution in [0.3, 0.4) is 0 Å². The van der Waals surface area contributed by atoms with Gasteiger partial charge in [-0.15, -0.1) is 11.3 Å². The van der Waals surface area contributed by atoms with Crippen molar-refractivity contribution in [2.75, 3.05) is 25.6 Å². The number of aromatic nitrogens is 6. The van der Waals surface area contributed by atoms with Crippen molar-refractivity contribution in [2.45, 2.75) is 56.7 Å². The largest absolute Gasteiger partial charge is 0.397 e. The van der Waals surface area contributed by atoms with Crippen LogP contribution in [0.15, 0.2) is 71.3 Å². The molecule has 50 heavy (non-hydrogen) atoms. The molecule has 1 aliphatic carbocycles. The van der Waals surface area contributed by atoms with E-state index in [0.717, 1.165) is 66.7 Å². The molecule has 0 atom stereocenters. The van der Waals surface area contributed by atoms with Gasteiger partial charge >= 0.3 is 0 Å². The van der Waals surface area contributed by atoms with Gasteiger partial charge in [0.25, 0.3) is 5.91 Å². The van der Waals surface area contributed by atoms with Gasteiger partial charge in [0.1, 0.15) is 35.1 Å². The molecule has 0 aliphatic heterocycles. The lowest BCUT2D eigenvalue weighted by Gasteiger charge is -2.21. The van der Waals surface area contributed by atoms with Gasteiger partial charge in [0.15, 0.2) is 5.82 Å². The lowest BCUT2D eigenvalue weighted by Crippen LogP contribution is -2.14. The van der Waals surface area contributed by atoms with Crippen LogP contribution >= 0.6 is 23.4 Å². The van der Waals surface area contributed by atoms with Crippen molar-refractivity contribution in [3.63, 3.8) is 0 Å². The summed E-state index contributed by atoms with van der Waals surface area (Å²) >= 11 is 2.07. The summed E-state index contributed by atoms with van der Waals surface area (Å²) in [6.07, 6.45) is 10.9. The first kappa shape index (κ1) is 40.0. The van der Waals surface area contributed by atoms with E-state index in [1.807, 2.05) is 30.3 Å². The summed E-state index contributed by atoms with van der Waals surface area (Å²) in [6, 6.07) is 11.5. The van der Waals surface area contributed by atoms with Crippen molar-refractivity contribution in [3.8, 4) is 22.0 Å². The number of rotatable bonds is 9. The Morgan fingerprint density at radius 1 is 1.12 bits per heavy atom. The quantitative estimate of drug-likeness (QED) is 0.0759. The summed E-state index contributed by atoms with van der Waals surface area (Å²) in [5, 5.41) is 21.3. The smallest absolute Gasteiger partial charge is 0.275 e. The Morgan fingerprint density at radius 2 is 1.82 bits per heavy atom. The number of aliphatic hydroxyl groups excluding tert-OH is 1. The standard InChI is InChI=1S/C23H23F2N7O2S.C6H6OS.C2H5NO.C2H6O/c1-34-13-31-10-14(9-26-31)23-28-18(12-35-23)22(33)27-17-11-32(15-5-3-2-4-6-15)30-21(17)20-16(24)7-8-19(25)29-20;7-8-6-4-2-1-3-5-6;3-1-2-4;1-2-3/h7-12,15H,2-6,13H2,1H3,(H,27,33);1-5,7H;2H,1,3H2;3H,2H2,1H3. The van der Waals surface area contributed by atoms with Crippen molar-refractivity contribution in [1.29, 1.82) is 0 Å². The van der Waals surface area contributed by atoms with Crippen molar-refractivity contribution >= 4 is 41.3 Å². The molecular formula is C33H40F2N8O5S2. The number of thiazole rings is 1. The predicted octanol–water partition coefficient (Wildman–Crippen LogP) is 6.30. The number of amides is 1. The number of aliphatic hydroxyl groups is 1. The average Bonchev–Trinajstić information content (AvgIpc) is 3.92. The van der Waals surface area contributed by atoms with Gasteiger partial charge in [0.05, 0.1) is 17.9 Å². The highest BCUT2D eigenvalue weighted by atomic mass is 32.2. The Bertz CT molecular complexity index is 1750. The maximum absolute atomic E-state index is 14.6. The molecule has 6 rings (SSSR count). The second-order valence-electron chi connectivity index (χ2n) is 10.4. The molecule has 1 aliphatic rings. The minimum atomic E-state index is -0.830. The highest BCUT2D eigenvalue weighted by Crippen LogP contribution is 2.34. The predicted molar refractivity (Wildman–Crippen MR) is 189 cm³/mol. The van der Waals surface area contributed by atoms with E-state index < -0.39 is 17.7 Å². The first-order chi connectivity index (χ1) is 24.3. The van der Waals surface area contributed by atoms with Gasteiger partial charge in [-0.2, -0.15) is 14.6 Å². The number of carbonyl (C=O) groups is 2. The average molecular weight is 731 g/mol. The van der Waals surface area contributed by atoms with Crippen LogP contribution < -0.4 is 11.1 Å². The monoisotopic (exact) mass is 730 g/mol. The number of methoxy groups -OCH3 is 1. The minimum absolute atomic E-state index is 0.0808. The van der Waals surface area contributed by atoms with Gasteiger partial charge in [0.2, 0.25) is 5.95 Å². The minimum Gasteiger partial charge on any atom is -0.397 e. The van der Waals surface area contributed by atoms with E-state index in [-0.39, 0.29) is 42.0 Å². The molecule has 17 heteroatoms. The molecule has 5 N–H and O–H groups in total. The molecule has 5 aromatic rings. The number of pyridine rings is 1. The Hall–Kier alpha value is -4.39. The van der Waals surface area contributed by atoms with Crippen molar-refractivity contribution < 1.29 is 32.8 Å². The molecule has 0 saturated heterocycles. The molecule has 268 valence electrons. The van der Waals surface area contributed by atoms with Crippen LogP contribution in [0, 0.1) is 11.8 Å². The molecule has 1 fully saturated rings. The summed E-state index contributed by atoms with van der Waals surface area (Å²) < 4.78 is 45.3. The zero-order valence-electron chi connectivity index (χ0n) is 27.6. The molecule has 4 aromatic heterocycles. The van der Waals surface area contributed by atoms with Gasteiger partial charge in [-0.25, -0.2) is 19.0 Å². The summed E-state index contributed by atoms with van der Waals surface area (Å²) in [4.78, 5) is 31.1. The van der Waals surface area contributed by atoms with Gasteiger partial charge in [0, 0.05) is 60.5 Å². The number of halogens is 2. The van der Waals surface area contributed by atoms with Crippen molar-refractivity contribution in [3.05, 3.63) is 83.9 Å². The summed E-state index contributed by atoms with van der Waals surface area (Å²) in [5.74, 6) is -2.04. The highest BCUT2D eigenvalue weighted by Gasteiger charge is 2.24. The molecule has 1 aromatic carbocycles. The van der Waals surface area contributed by atoms with Gasteiger partial charge < -0.3 is 30.2 Å². The van der Waals surface area contributed by atoms with E-state index in [4.69, 9.17) is 19.2 Å². The van der Waals surface area contributed by atoms with Crippen LogP contribution in [-0.4, -0.2) is 71.6 Å². The number of anilines is 1. The Labute approximate surface area is 296 Å². The van der Waals surface area contributed by atoms with E-state index in [1.165, 1.54) is 11.3 Å². The van der Waals surface area contributed by atoms with Gasteiger partial charge in [-0.1, -0.05) is 37.5 Å². The van der Waals surface area contributed by atoms with Crippen LogP contribution in [0.25, 0.3) is 22.0 Å². The van der Waals surface area contributed by atoms with Crippen LogP contribution in [0.1, 0.15) is 55.6 Å². The lowest BCUT2D eigenvalue weighted by atomic mass is 9.96. The first-order valence-electron chi connectivity index (χ1n) is 15.6. The third-order valence-electron chi connectivity index (χ3n) is 6.79. The molecule has 0 unspecified atom stereocenters. The second-order valence-corrected chi connectivity index (χ2v) is 11.9. The summed E-state index contributed by atoms with van der Waals surface area (Å²) in [5.41, 5.74) is 5.68. The molecular weight excluding hydrogens is 691 g/mol. The molecule has 4 heterocycles. The van der Waals surface area contributed by atoms with E-state index in [1.54, 1.807) is 47.4 Å². The van der Waals surface area contributed by atoms with Gasteiger partial charge in [-0.05, 0) is 44.0 Å². The molecule has 0 radical (unpaired) electrons. The number of nitrogens with two attached hydrogens (primary N) is 1. The summed E-state index contributed by atoms with van der Waals surface area (Å²) in [7, 11) is 1.57. The zero-order valence-corrected chi connectivity index (χ0v) is 29.2. The van der Waals surface area contributed by atoms with Crippen molar-refractivity contribution in [2.24, 2.45) is 5.73 Å². The molecule has 0 bridgehead atoms.